The molecule has 182 valence electrons. The molecule has 9 nitrogen and oxygen atoms in total. The summed E-state index contributed by atoms with van der Waals surface area (Å²) in [6.45, 7) is 0.910. The number of amides is 2. The molecule has 0 radical (unpaired) electrons. The van der Waals surface area contributed by atoms with E-state index >= 15 is 0 Å². The molecule has 0 saturated carbocycles. The third-order valence-corrected chi connectivity index (χ3v) is 6.58. The molecule has 34 heavy (non-hydrogen) atoms. The highest BCUT2D eigenvalue weighted by Crippen LogP contribution is 2.20. The van der Waals surface area contributed by atoms with Crippen molar-refractivity contribution in [2.45, 2.75) is 57.0 Å². The number of aliphatic imine (C=N–C) groups is 1. The summed E-state index contributed by atoms with van der Waals surface area (Å²) in [6, 6.07) is 8.72. The van der Waals surface area contributed by atoms with Crippen molar-refractivity contribution < 1.29 is 14.4 Å². The number of hydrogen-bond donors (Lipinski definition) is 3. The lowest BCUT2D eigenvalue weighted by molar-refractivity contribution is -0.138. The summed E-state index contributed by atoms with van der Waals surface area (Å²) in [5, 5.41) is 4.94. The molecule has 1 fully saturated rings. The first kappa shape index (κ1) is 25.4. The molecule has 1 aliphatic rings. The molecule has 2 amide bonds. The van der Waals surface area contributed by atoms with Crippen LogP contribution in [-0.4, -0.2) is 58.6 Å². The summed E-state index contributed by atoms with van der Waals surface area (Å²) in [7, 11) is 0. The van der Waals surface area contributed by atoms with E-state index in [1.165, 1.54) is 16.9 Å². The van der Waals surface area contributed by atoms with Gasteiger partial charge in [-0.25, -0.2) is 4.98 Å². The SMILES string of the molecule is NC(N)=NCCCC(NC(=O)[C@@H]1CCCN1C(=O)CCCc1ccccc1)C(=O)c1nccs1. The maximum Gasteiger partial charge on any atom is 0.243 e. The van der Waals surface area contributed by atoms with Crippen LogP contribution >= 0.6 is 11.3 Å². The molecule has 2 atom stereocenters. The topological polar surface area (TPSA) is 144 Å². The first-order valence-corrected chi connectivity index (χ1v) is 12.5. The second kappa shape index (κ2) is 12.8. The lowest BCUT2D eigenvalue weighted by Gasteiger charge is -2.26. The minimum Gasteiger partial charge on any atom is -0.370 e. The molecule has 0 bridgehead atoms. The number of thiazole rings is 1. The fourth-order valence-electron chi connectivity index (χ4n) is 4.10. The van der Waals surface area contributed by atoms with Crippen LogP contribution in [0.25, 0.3) is 0 Å². The third kappa shape index (κ3) is 7.38. The number of carbonyl (C=O) groups excluding carboxylic acids is 3. The Hall–Kier alpha value is -3.27. The maximum atomic E-state index is 13.1. The van der Waals surface area contributed by atoms with Crippen LogP contribution in [0, 0.1) is 0 Å². The standard InChI is InChI=1S/C24H32N6O3S/c25-24(26)28-13-5-10-18(21(32)23-27-14-16-34-23)29-22(33)19-11-6-15-30(19)20(31)12-4-9-17-7-2-1-3-8-17/h1-3,7-8,14,16,18-19H,4-6,9-13,15H2,(H,29,33)(H4,25,26,28)/t18?,19-/m0/s1. The summed E-state index contributed by atoms with van der Waals surface area (Å²) >= 11 is 1.23. The Labute approximate surface area is 203 Å². The van der Waals surface area contributed by atoms with Gasteiger partial charge in [0, 0.05) is 31.1 Å². The van der Waals surface area contributed by atoms with Crippen molar-refractivity contribution in [2.75, 3.05) is 13.1 Å². The summed E-state index contributed by atoms with van der Waals surface area (Å²) in [5.74, 6) is -0.583. The molecule has 0 aliphatic carbocycles. The molecule has 0 spiro atoms. The van der Waals surface area contributed by atoms with Gasteiger partial charge in [0.1, 0.15) is 6.04 Å². The number of aryl methyl sites for hydroxylation is 1. The lowest BCUT2D eigenvalue weighted by atomic mass is 10.1. The minimum absolute atomic E-state index is 0.0146. The minimum atomic E-state index is -0.747. The van der Waals surface area contributed by atoms with Gasteiger partial charge in [0.05, 0.1) is 6.04 Å². The van der Waals surface area contributed by atoms with Gasteiger partial charge in [0.15, 0.2) is 11.0 Å². The summed E-state index contributed by atoms with van der Waals surface area (Å²) in [6.07, 6.45) is 5.73. The highest BCUT2D eigenvalue weighted by Gasteiger charge is 2.35. The fourth-order valence-corrected chi connectivity index (χ4v) is 4.74. The second-order valence-corrected chi connectivity index (χ2v) is 9.19. The van der Waals surface area contributed by atoms with Crippen molar-refractivity contribution in [1.29, 1.82) is 0 Å². The number of nitrogens with zero attached hydrogens (tertiary/aromatic N) is 3. The Morgan fingerprint density at radius 1 is 1.21 bits per heavy atom. The number of ketones is 1. The summed E-state index contributed by atoms with van der Waals surface area (Å²) in [4.78, 5) is 48.6. The number of likely N-dealkylation sites (tertiary alicyclic amines) is 1. The van der Waals surface area contributed by atoms with Gasteiger partial charge in [0.2, 0.25) is 17.6 Å². The van der Waals surface area contributed by atoms with Gasteiger partial charge in [-0.1, -0.05) is 30.3 Å². The van der Waals surface area contributed by atoms with E-state index in [4.69, 9.17) is 11.5 Å². The predicted molar refractivity (Wildman–Crippen MR) is 132 cm³/mol. The van der Waals surface area contributed by atoms with Crippen LogP contribution in [0.4, 0.5) is 0 Å². The monoisotopic (exact) mass is 484 g/mol. The van der Waals surface area contributed by atoms with Gasteiger partial charge >= 0.3 is 0 Å². The number of hydrogen-bond acceptors (Lipinski definition) is 6. The van der Waals surface area contributed by atoms with Gasteiger partial charge in [-0.15, -0.1) is 11.3 Å². The zero-order chi connectivity index (χ0) is 24.3. The first-order chi connectivity index (χ1) is 16.5. The van der Waals surface area contributed by atoms with Gasteiger partial charge < -0.3 is 21.7 Å². The molecule has 1 aliphatic heterocycles. The van der Waals surface area contributed by atoms with Gasteiger partial charge in [-0.3, -0.25) is 19.4 Å². The van der Waals surface area contributed by atoms with Gasteiger partial charge in [-0.2, -0.15) is 0 Å². The second-order valence-electron chi connectivity index (χ2n) is 8.30. The molecule has 2 aromatic rings. The number of rotatable bonds is 12. The van der Waals surface area contributed by atoms with Gasteiger partial charge in [0.25, 0.3) is 0 Å². The van der Waals surface area contributed by atoms with Crippen LogP contribution in [0.3, 0.4) is 0 Å². The zero-order valence-electron chi connectivity index (χ0n) is 19.2. The van der Waals surface area contributed by atoms with Crippen LogP contribution in [-0.2, 0) is 16.0 Å². The van der Waals surface area contributed by atoms with Crippen LogP contribution in [0.2, 0.25) is 0 Å². The highest BCUT2D eigenvalue weighted by atomic mass is 32.1. The van der Waals surface area contributed by atoms with Gasteiger partial charge in [-0.05, 0) is 44.1 Å². The van der Waals surface area contributed by atoms with Crippen molar-refractivity contribution in [1.82, 2.24) is 15.2 Å². The molecule has 1 unspecified atom stereocenters. The number of nitrogens with two attached hydrogens (primary N) is 2. The van der Waals surface area contributed by atoms with Crippen LogP contribution < -0.4 is 16.8 Å². The highest BCUT2D eigenvalue weighted by molar-refractivity contribution is 7.11. The molecule has 1 saturated heterocycles. The molecule has 1 aromatic heterocycles. The van der Waals surface area contributed by atoms with Crippen molar-refractivity contribution in [2.24, 2.45) is 16.5 Å². The number of carbonyl (C=O) groups is 3. The normalized spacial score (nSPS) is 16.1. The first-order valence-electron chi connectivity index (χ1n) is 11.6. The molecule has 3 rings (SSSR count). The van der Waals surface area contributed by atoms with Crippen molar-refractivity contribution in [3.8, 4) is 0 Å². The number of Topliss-reactive ketones (excluding diaryl/α,β-unsaturated/α-hetero) is 1. The Morgan fingerprint density at radius 3 is 2.71 bits per heavy atom. The largest absolute Gasteiger partial charge is 0.370 e. The van der Waals surface area contributed by atoms with Crippen molar-refractivity contribution in [3.05, 3.63) is 52.5 Å². The van der Waals surface area contributed by atoms with E-state index in [1.807, 2.05) is 30.3 Å². The maximum absolute atomic E-state index is 13.1. The molecular weight excluding hydrogens is 452 g/mol. The van der Waals surface area contributed by atoms with Crippen LogP contribution in [0.5, 0.6) is 0 Å². The molecular formula is C24H32N6O3S. The number of guanidine groups is 1. The Morgan fingerprint density at radius 2 is 2.00 bits per heavy atom. The van der Waals surface area contributed by atoms with E-state index < -0.39 is 12.1 Å². The molecule has 10 heteroatoms. The van der Waals surface area contributed by atoms with E-state index in [0.717, 1.165) is 19.3 Å². The third-order valence-electron chi connectivity index (χ3n) is 5.80. The van der Waals surface area contributed by atoms with Crippen LogP contribution in [0.15, 0.2) is 46.9 Å². The Balaban J connectivity index is 1.58. The number of benzene rings is 1. The zero-order valence-corrected chi connectivity index (χ0v) is 20.0. The molecule has 1 aromatic carbocycles. The average Bonchev–Trinajstić information content (AvgIpc) is 3.53. The molecule has 2 heterocycles. The molecule has 5 N–H and O–H groups in total. The van der Waals surface area contributed by atoms with Crippen molar-refractivity contribution in [3.63, 3.8) is 0 Å². The number of nitrogens with one attached hydrogen (secondary N) is 1. The van der Waals surface area contributed by atoms with Crippen LogP contribution in [0.1, 0.15) is 53.9 Å². The quantitative estimate of drug-likeness (QED) is 0.182. The fraction of sp³-hybridized carbons (Fsp3) is 0.458. The van der Waals surface area contributed by atoms with E-state index in [2.05, 4.69) is 15.3 Å². The van der Waals surface area contributed by atoms with Crippen molar-refractivity contribution >= 4 is 34.9 Å². The Kier molecular flexibility index (Phi) is 9.57. The van der Waals surface area contributed by atoms with E-state index in [9.17, 15) is 14.4 Å². The van der Waals surface area contributed by atoms with E-state index in [-0.39, 0.29) is 23.6 Å². The van der Waals surface area contributed by atoms with E-state index in [0.29, 0.717) is 43.8 Å². The predicted octanol–water partition coefficient (Wildman–Crippen LogP) is 1.88. The summed E-state index contributed by atoms with van der Waals surface area (Å²) < 4.78 is 0. The average molecular weight is 485 g/mol. The lowest BCUT2D eigenvalue weighted by Crippen LogP contribution is -2.51. The summed E-state index contributed by atoms with van der Waals surface area (Å²) in [5.41, 5.74) is 11.9. The Bertz CT molecular complexity index is 976. The number of aromatic nitrogens is 1. The smallest absolute Gasteiger partial charge is 0.243 e. The van der Waals surface area contributed by atoms with E-state index in [1.54, 1.807) is 16.5 Å².